The second-order valence-corrected chi connectivity index (χ2v) is 7.33. The highest BCUT2D eigenvalue weighted by Gasteiger charge is 2.37. The van der Waals surface area contributed by atoms with E-state index in [0.29, 0.717) is 12.1 Å². The van der Waals surface area contributed by atoms with Crippen LogP contribution in [-0.4, -0.2) is 26.9 Å². The van der Waals surface area contributed by atoms with Gasteiger partial charge in [-0.15, -0.1) is 0 Å². The molecule has 0 bridgehead atoms. The molecule has 0 aromatic carbocycles. The molecule has 0 aliphatic carbocycles. The number of piperidine rings is 1. The van der Waals surface area contributed by atoms with Crippen molar-refractivity contribution < 1.29 is 0 Å². The molecule has 1 fully saturated rings. The lowest BCUT2D eigenvalue weighted by Crippen LogP contribution is -2.61. The monoisotopic (exact) mass is 264 g/mol. The van der Waals surface area contributed by atoms with Gasteiger partial charge in [0.05, 0.1) is 6.20 Å². The maximum Gasteiger partial charge on any atom is 0.0537 e. The summed E-state index contributed by atoms with van der Waals surface area (Å²) in [6.07, 6.45) is 6.35. The van der Waals surface area contributed by atoms with E-state index in [1.54, 1.807) is 0 Å². The van der Waals surface area contributed by atoms with Crippen molar-refractivity contribution in [2.75, 3.05) is 0 Å². The largest absolute Gasteiger partial charge is 0.307 e. The Morgan fingerprint density at radius 3 is 2.37 bits per heavy atom. The maximum absolute atomic E-state index is 4.25. The molecule has 1 atom stereocenters. The summed E-state index contributed by atoms with van der Waals surface area (Å²) in [5, 5.41) is 11.7. The quantitative estimate of drug-likeness (QED) is 0.881. The van der Waals surface area contributed by atoms with Crippen molar-refractivity contribution in [3.63, 3.8) is 0 Å². The molecule has 0 radical (unpaired) electrons. The summed E-state index contributed by atoms with van der Waals surface area (Å²) in [7, 11) is 1.97. The van der Waals surface area contributed by atoms with E-state index >= 15 is 0 Å². The predicted molar refractivity (Wildman–Crippen MR) is 79.1 cm³/mol. The molecule has 4 nitrogen and oxygen atoms in total. The summed E-state index contributed by atoms with van der Waals surface area (Å²) in [6, 6.07) is 0.893. The third-order valence-electron chi connectivity index (χ3n) is 3.90. The topological polar surface area (TPSA) is 41.9 Å². The second-order valence-electron chi connectivity index (χ2n) is 7.33. The summed E-state index contributed by atoms with van der Waals surface area (Å²) >= 11 is 0. The Morgan fingerprint density at radius 1 is 1.32 bits per heavy atom. The number of rotatable bonds is 3. The molecule has 1 saturated heterocycles. The Balaban J connectivity index is 2.02. The molecule has 0 spiro atoms. The van der Waals surface area contributed by atoms with Gasteiger partial charge in [0.15, 0.2) is 0 Å². The van der Waals surface area contributed by atoms with Crippen LogP contribution in [0.25, 0.3) is 0 Å². The molecule has 1 aliphatic heterocycles. The third kappa shape index (κ3) is 3.80. The molecule has 0 amide bonds. The molecule has 108 valence electrons. The zero-order valence-electron chi connectivity index (χ0n) is 13.1. The zero-order chi connectivity index (χ0) is 14.3. The summed E-state index contributed by atoms with van der Waals surface area (Å²) < 4.78 is 1.86. The summed E-state index contributed by atoms with van der Waals surface area (Å²) in [5.41, 5.74) is 1.64. The number of nitrogens with zero attached hydrogens (tertiary/aromatic N) is 2. The first-order valence-corrected chi connectivity index (χ1v) is 7.21. The Kier molecular flexibility index (Phi) is 3.76. The van der Waals surface area contributed by atoms with Gasteiger partial charge in [-0.25, -0.2) is 0 Å². The molecule has 19 heavy (non-hydrogen) atoms. The van der Waals surface area contributed by atoms with E-state index in [-0.39, 0.29) is 11.1 Å². The van der Waals surface area contributed by atoms with Gasteiger partial charge in [0.1, 0.15) is 0 Å². The lowest BCUT2D eigenvalue weighted by molar-refractivity contribution is 0.141. The third-order valence-corrected chi connectivity index (χ3v) is 3.90. The number of aromatic nitrogens is 2. The van der Waals surface area contributed by atoms with Crippen LogP contribution in [0.1, 0.15) is 59.1 Å². The molecule has 1 aromatic heterocycles. The van der Waals surface area contributed by atoms with E-state index in [1.165, 1.54) is 5.56 Å². The molecule has 1 aromatic rings. The number of aryl methyl sites for hydroxylation is 1. The number of nitrogens with one attached hydrogen (secondary N) is 2. The Morgan fingerprint density at radius 2 is 1.89 bits per heavy atom. The number of hydrogen-bond donors (Lipinski definition) is 2. The highest BCUT2D eigenvalue weighted by Crippen LogP contribution is 2.29. The highest BCUT2D eigenvalue weighted by molar-refractivity contribution is 5.10. The van der Waals surface area contributed by atoms with Crippen LogP contribution >= 0.6 is 0 Å². The Hall–Kier alpha value is -0.870. The van der Waals surface area contributed by atoms with Crippen LogP contribution in [0.3, 0.4) is 0 Å². The normalized spacial score (nSPS) is 24.3. The smallest absolute Gasteiger partial charge is 0.0537 e. The van der Waals surface area contributed by atoms with E-state index in [1.807, 2.05) is 17.9 Å². The SMILES string of the molecule is CC(NC1CC(C)(C)NC(C)(C)C1)c1cnn(C)c1. The van der Waals surface area contributed by atoms with E-state index in [4.69, 9.17) is 0 Å². The van der Waals surface area contributed by atoms with Crippen molar-refractivity contribution in [2.45, 2.75) is 70.6 Å². The van der Waals surface area contributed by atoms with Crippen LogP contribution in [0.4, 0.5) is 0 Å². The summed E-state index contributed by atoms with van der Waals surface area (Å²) in [5.74, 6) is 0. The Labute approximate surface area is 117 Å². The van der Waals surface area contributed by atoms with Crippen molar-refractivity contribution >= 4 is 0 Å². The Bertz CT molecular complexity index is 417. The minimum atomic E-state index is 0.189. The second kappa shape index (κ2) is 4.91. The van der Waals surface area contributed by atoms with Crippen molar-refractivity contribution in [3.05, 3.63) is 18.0 Å². The van der Waals surface area contributed by atoms with Crippen LogP contribution in [0.5, 0.6) is 0 Å². The standard InChI is InChI=1S/C15H28N4/c1-11(12-9-16-19(6)10-12)17-13-7-14(2,3)18-15(4,5)8-13/h9-11,13,17-18H,7-8H2,1-6H3. The van der Waals surface area contributed by atoms with Crippen LogP contribution in [0.2, 0.25) is 0 Å². The van der Waals surface area contributed by atoms with E-state index in [0.717, 1.165) is 12.8 Å². The minimum absolute atomic E-state index is 0.189. The van der Waals surface area contributed by atoms with Crippen molar-refractivity contribution in [3.8, 4) is 0 Å². The zero-order valence-corrected chi connectivity index (χ0v) is 13.1. The van der Waals surface area contributed by atoms with Gasteiger partial charge < -0.3 is 10.6 Å². The lowest BCUT2D eigenvalue weighted by Gasteiger charge is -2.47. The molecule has 2 heterocycles. The van der Waals surface area contributed by atoms with Gasteiger partial charge >= 0.3 is 0 Å². The van der Waals surface area contributed by atoms with Crippen LogP contribution < -0.4 is 10.6 Å². The average molecular weight is 264 g/mol. The first-order chi connectivity index (χ1) is 8.67. The molecule has 1 unspecified atom stereocenters. The number of hydrogen-bond acceptors (Lipinski definition) is 3. The fourth-order valence-electron chi connectivity index (χ4n) is 3.55. The van der Waals surface area contributed by atoms with Gasteiger partial charge in [0.2, 0.25) is 0 Å². The van der Waals surface area contributed by atoms with Crippen LogP contribution in [-0.2, 0) is 7.05 Å². The van der Waals surface area contributed by atoms with Gasteiger partial charge in [-0.05, 0) is 47.5 Å². The van der Waals surface area contributed by atoms with Gasteiger partial charge in [0, 0.05) is 42.0 Å². The highest BCUT2D eigenvalue weighted by atomic mass is 15.2. The van der Waals surface area contributed by atoms with Crippen LogP contribution in [0, 0.1) is 0 Å². The molecule has 2 rings (SSSR count). The van der Waals surface area contributed by atoms with E-state index in [9.17, 15) is 0 Å². The fourth-order valence-corrected chi connectivity index (χ4v) is 3.55. The first-order valence-electron chi connectivity index (χ1n) is 7.21. The van der Waals surface area contributed by atoms with E-state index < -0.39 is 0 Å². The van der Waals surface area contributed by atoms with Gasteiger partial charge in [-0.1, -0.05) is 0 Å². The first kappa shape index (κ1) is 14.5. The molecule has 4 heteroatoms. The molecular weight excluding hydrogens is 236 g/mol. The van der Waals surface area contributed by atoms with Gasteiger partial charge in [-0.2, -0.15) is 5.10 Å². The van der Waals surface area contributed by atoms with Gasteiger partial charge in [0.25, 0.3) is 0 Å². The minimum Gasteiger partial charge on any atom is -0.307 e. The average Bonchev–Trinajstić information content (AvgIpc) is 2.59. The fraction of sp³-hybridized carbons (Fsp3) is 0.800. The lowest BCUT2D eigenvalue weighted by atomic mass is 9.79. The summed E-state index contributed by atoms with van der Waals surface area (Å²) in [4.78, 5) is 0. The van der Waals surface area contributed by atoms with Crippen molar-refractivity contribution in [2.24, 2.45) is 7.05 Å². The molecule has 2 N–H and O–H groups in total. The maximum atomic E-state index is 4.25. The van der Waals surface area contributed by atoms with E-state index in [2.05, 4.69) is 56.5 Å². The molecule has 1 aliphatic rings. The van der Waals surface area contributed by atoms with Crippen LogP contribution in [0.15, 0.2) is 12.4 Å². The van der Waals surface area contributed by atoms with Gasteiger partial charge in [-0.3, -0.25) is 4.68 Å². The molecule has 0 saturated carbocycles. The van der Waals surface area contributed by atoms with Crippen molar-refractivity contribution in [1.82, 2.24) is 20.4 Å². The molecular formula is C15H28N4. The van der Waals surface area contributed by atoms with Crippen molar-refractivity contribution in [1.29, 1.82) is 0 Å². The summed E-state index contributed by atoms with van der Waals surface area (Å²) in [6.45, 7) is 11.4. The predicted octanol–water partition coefficient (Wildman–Crippen LogP) is 2.38.